The van der Waals surface area contributed by atoms with Crippen molar-refractivity contribution < 1.29 is 9.21 Å². The molecule has 2 aliphatic rings. The van der Waals surface area contributed by atoms with E-state index in [-0.39, 0.29) is 0 Å². The standard InChI is InChI=1S/C12H12O2/c13-8-5-6-10-9-3-1-2-4-11(9)14-12(10)7-8/h1,3H,2,4-7H2. The minimum Gasteiger partial charge on any atom is -0.465 e. The van der Waals surface area contributed by atoms with Crippen molar-refractivity contribution in [2.24, 2.45) is 0 Å². The average Bonchev–Trinajstić information content (AvgIpc) is 2.54. The summed E-state index contributed by atoms with van der Waals surface area (Å²) >= 11 is 0. The highest BCUT2D eigenvalue weighted by Gasteiger charge is 2.25. The van der Waals surface area contributed by atoms with Gasteiger partial charge in [0.1, 0.15) is 17.3 Å². The van der Waals surface area contributed by atoms with Crippen molar-refractivity contribution in [3.05, 3.63) is 28.7 Å². The van der Waals surface area contributed by atoms with Gasteiger partial charge in [-0.2, -0.15) is 0 Å². The number of Topliss-reactive ketones (excluding diaryl/α,β-unsaturated/α-hetero) is 1. The molecule has 0 bridgehead atoms. The molecule has 0 aromatic carbocycles. The molecule has 0 atom stereocenters. The Kier molecular flexibility index (Phi) is 1.63. The van der Waals surface area contributed by atoms with Crippen LogP contribution in [0.1, 0.15) is 35.5 Å². The van der Waals surface area contributed by atoms with E-state index >= 15 is 0 Å². The molecule has 0 saturated heterocycles. The molecule has 0 aliphatic heterocycles. The summed E-state index contributed by atoms with van der Waals surface area (Å²) < 4.78 is 5.73. The van der Waals surface area contributed by atoms with Crippen LogP contribution >= 0.6 is 0 Å². The summed E-state index contributed by atoms with van der Waals surface area (Å²) in [6.07, 6.45) is 8.46. The lowest BCUT2D eigenvalue weighted by molar-refractivity contribution is -0.119. The van der Waals surface area contributed by atoms with Crippen LogP contribution in [0.5, 0.6) is 0 Å². The monoisotopic (exact) mass is 188 g/mol. The van der Waals surface area contributed by atoms with E-state index in [4.69, 9.17) is 4.42 Å². The minimum atomic E-state index is 0.313. The summed E-state index contributed by atoms with van der Waals surface area (Å²) in [6.45, 7) is 0. The van der Waals surface area contributed by atoms with Gasteiger partial charge in [0.25, 0.3) is 0 Å². The normalized spacial score (nSPS) is 19.3. The summed E-state index contributed by atoms with van der Waals surface area (Å²) in [5, 5.41) is 0. The van der Waals surface area contributed by atoms with Crippen molar-refractivity contribution in [1.29, 1.82) is 0 Å². The number of hydrogen-bond donors (Lipinski definition) is 0. The Morgan fingerprint density at radius 2 is 2.07 bits per heavy atom. The minimum absolute atomic E-state index is 0.313. The van der Waals surface area contributed by atoms with E-state index in [1.165, 1.54) is 11.1 Å². The highest BCUT2D eigenvalue weighted by atomic mass is 16.3. The fourth-order valence-corrected chi connectivity index (χ4v) is 2.33. The van der Waals surface area contributed by atoms with E-state index in [1.54, 1.807) is 0 Å². The first kappa shape index (κ1) is 8.04. The predicted octanol–water partition coefficient (Wildman–Crippen LogP) is 2.30. The Hall–Kier alpha value is -1.31. The maximum absolute atomic E-state index is 11.3. The van der Waals surface area contributed by atoms with Gasteiger partial charge in [-0.25, -0.2) is 0 Å². The van der Waals surface area contributed by atoms with E-state index in [9.17, 15) is 4.79 Å². The maximum Gasteiger partial charge on any atom is 0.140 e. The molecule has 72 valence electrons. The molecule has 2 nitrogen and oxygen atoms in total. The predicted molar refractivity (Wildman–Crippen MR) is 53.1 cm³/mol. The third-order valence-electron chi connectivity index (χ3n) is 3.04. The van der Waals surface area contributed by atoms with Gasteiger partial charge in [-0.05, 0) is 12.8 Å². The van der Waals surface area contributed by atoms with Crippen molar-refractivity contribution in [2.75, 3.05) is 0 Å². The molecule has 1 aromatic heterocycles. The SMILES string of the molecule is O=C1CCc2c(oc3c2C=CCC3)C1. The maximum atomic E-state index is 11.3. The number of furan rings is 1. The molecule has 0 fully saturated rings. The van der Waals surface area contributed by atoms with Gasteiger partial charge < -0.3 is 4.42 Å². The van der Waals surface area contributed by atoms with Gasteiger partial charge >= 0.3 is 0 Å². The van der Waals surface area contributed by atoms with Crippen LogP contribution in [-0.2, 0) is 24.1 Å². The van der Waals surface area contributed by atoms with E-state index in [2.05, 4.69) is 12.2 Å². The zero-order valence-corrected chi connectivity index (χ0v) is 8.01. The molecule has 3 rings (SSSR count). The molecule has 14 heavy (non-hydrogen) atoms. The molecule has 0 radical (unpaired) electrons. The molecule has 0 saturated carbocycles. The first-order chi connectivity index (χ1) is 6.84. The van der Waals surface area contributed by atoms with Gasteiger partial charge in [0.2, 0.25) is 0 Å². The van der Waals surface area contributed by atoms with Crippen molar-refractivity contribution in [3.63, 3.8) is 0 Å². The topological polar surface area (TPSA) is 30.2 Å². The number of rotatable bonds is 0. The molecule has 2 heteroatoms. The number of hydrogen-bond acceptors (Lipinski definition) is 2. The Labute approximate surface area is 82.6 Å². The molecular formula is C12H12O2. The number of ketones is 1. The van der Waals surface area contributed by atoms with Crippen molar-refractivity contribution in [2.45, 2.75) is 32.1 Å². The van der Waals surface area contributed by atoms with Gasteiger partial charge in [0.15, 0.2) is 0 Å². The average molecular weight is 188 g/mol. The fourth-order valence-electron chi connectivity index (χ4n) is 2.33. The second kappa shape index (κ2) is 2.84. The van der Waals surface area contributed by atoms with E-state index in [0.29, 0.717) is 18.6 Å². The lowest BCUT2D eigenvalue weighted by atomic mass is 9.92. The molecule has 1 heterocycles. The molecule has 0 spiro atoms. The molecular weight excluding hydrogens is 176 g/mol. The third kappa shape index (κ3) is 1.07. The Bertz CT molecular complexity index is 424. The highest BCUT2D eigenvalue weighted by molar-refractivity contribution is 5.83. The van der Waals surface area contributed by atoms with Crippen LogP contribution in [0.4, 0.5) is 0 Å². The van der Waals surface area contributed by atoms with Gasteiger partial charge in [-0.15, -0.1) is 0 Å². The number of carbonyl (C=O) groups is 1. The fraction of sp³-hybridized carbons (Fsp3) is 0.417. The van der Waals surface area contributed by atoms with Gasteiger partial charge in [-0.3, -0.25) is 4.79 Å². The molecule has 1 aromatic rings. The third-order valence-corrected chi connectivity index (χ3v) is 3.04. The van der Waals surface area contributed by atoms with Crippen LogP contribution in [0.15, 0.2) is 10.5 Å². The number of allylic oxidation sites excluding steroid dienone is 1. The Balaban J connectivity index is 2.13. The van der Waals surface area contributed by atoms with Crippen LogP contribution in [0.25, 0.3) is 6.08 Å². The van der Waals surface area contributed by atoms with Crippen molar-refractivity contribution in [1.82, 2.24) is 0 Å². The van der Waals surface area contributed by atoms with Gasteiger partial charge in [0, 0.05) is 24.0 Å². The van der Waals surface area contributed by atoms with Gasteiger partial charge in [0.05, 0.1) is 6.42 Å². The van der Waals surface area contributed by atoms with Crippen LogP contribution in [-0.4, -0.2) is 5.78 Å². The van der Waals surface area contributed by atoms with Crippen LogP contribution in [0.2, 0.25) is 0 Å². The van der Waals surface area contributed by atoms with E-state index in [0.717, 1.165) is 30.8 Å². The summed E-state index contributed by atoms with van der Waals surface area (Å²) in [5.41, 5.74) is 2.55. The smallest absolute Gasteiger partial charge is 0.140 e. The zero-order chi connectivity index (χ0) is 9.54. The lowest BCUT2D eigenvalue weighted by Crippen LogP contribution is -2.11. The van der Waals surface area contributed by atoms with Crippen LogP contribution in [0, 0.1) is 0 Å². The second-order valence-corrected chi connectivity index (χ2v) is 4.00. The lowest BCUT2D eigenvalue weighted by Gasteiger charge is -2.09. The highest BCUT2D eigenvalue weighted by Crippen LogP contribution is 2.32. The Morgan fingerprint density at radius 3 is 3.00 bits per heavy atom. The number of aryl methyl sites for hydroxylation is 1. The zero-order valence-electron chi connectivity index (χ0n) is 8.01. The van der Waals surface area contributed by atoms with E-state index < -0.39 is 0 Å². The summed E-state index contributed by atoms with van der Waals surface area (Å²) in [7, 11) is 0. The van der Waals surface area contributed by atoms with E-state index in [1.807, 2.05) is 0 Å². The van der Waals surface area contributed by atoms with Gasteiger partial charge in [-0.1, -0.05) is 12.2 Å². The van der Waals surface area contributed by atoms with Crippen LogP contribution < -0.4 is 0 Å². The molecule has 0 amide bonds. The van der Waals surface area contributed by atoms with Crippen LogP contribution in [0.3, 0.4) is 0 Å². The number of carbonyl (C=O) groups excluding carboxylic acids is 1. The first-order valence-electron chi connectivity index (χ1n) is 5.16. The summed E-state index contributed by atoms with van der Waals surface area (Å²) in [5.74, 6) is 2.33. The molecule has 0 N–H and O–H groups in total. The largest absolute Gasteiger partial charge is 0.465 e. The summed E-state index contributed by atoms with van der Waals surface area (Å²) in [4.78, 5) is 11.3. The quantitative estimate of drug-likeness (QED) is 0.625. The second-order valence-electron chi connectivity index (χ2n) is 4.00. The molecule has 0 unspecified atom stereocenters. The number of fused-ring (bicyclic) bond motifs is 3. The first-order valence-corrected chi connectivity index (χ1v) is 5.16. The molecule has 2 aliphatic carbocycles. The van der Waals surface area contributed by atoms with Crippen molar-refractivity contribution >= 4 is 11.9 Å². The van der Waals surface area contributed by atoms with Crippen molar-refractivity contribution in [3.8, 4) is 0 Å². The summed E-state index contributed by atoms with van der Waals surface area (Å²) in [6, 6.07) is 0. The Morgan fingerprint density at radius 1 is 1.14 bits per heavy atom.